The van der Waals surface area contributed by atoms with E-state index in [1.165, 1.54) is 4.31 Å². The summed E-state index contributed by atoms with van der Waals surface area (Å²) >= 11 is 0. The standard InChI is InChI=1S/C23H29N3O3S/c1-17-4-12-21(13-5-17)24-25-23(27)20-10-8-19(9-11-20)16-26(3)30(28,29)22-14-6-18(2)7-15-22/h6-11,14-15,17H,4-5,12-13,16H2,1-3H3,(H,25,27). The third-order valence-corrected chi connectivity index (χ3v) is 7.34. The van der Waals surface area contributed by atoms with E-state index >= 15 is 0 Å². The van der Waals surface area contributed by atoms with Crippen LogP contribution in [0.5, 0.6) is 0 Å². The molecule has 0 radical (unpaired) electrons. The molecule has 1 aliphatic carbocycles. The monoisotopic (exact) mass is 427 g/mol. The van der Waals surface area contributed by atoms with E-state index in [2.05, 4.69) is 17.5 Å². The molecule has 0 atom stereocenters. The molecule has 1 aliphatic rings. The van der Waals surface area contributed by atoms with Gasteiger partial charge in [0.05, 0.1) is 4.90 Å². The largest absolute Gasteiger partial charge is 0.271 e. The highest BCUT2D eigenvalue weighted by Gasteiger charge is 2.21. The van der Waals surface area contributed by atoms with Gasteiger partial charge in [0.15, 0.2) is 0 Å². The molecule has 2 aromatic carbocycles. The number of aryl methyl sites for hydroxylation is 1. The molecule has 0 spiro atoms. The Labute approximate surface area is 179 Å². The summed E-state index contributed by atoms with van der Waals surface area (Å²) in [5.41, 5.74) is 5.99. The SMILES string of the molecule is Cc1ccc(S(=O)(=O)N(C)Cc2ccc(C(=O)NN=C3CCC(C)CC3)cc2)cc1. The molecule has 1 saturated carbocycles. The van der Waals surface area contributed by atoms with Crippen LogP contribution in [0.25, 0.3) is 0 Å². The summed E-state index contributed by atoms with van der Waals surface area (Å²) in [6.07, 6.45) is 4.09. The van der Waals surface area contributed by atoms with Gasteiger partial charge in [0.1, 0.15) is 0 Å². The van der Waals surface area contributed by atoms with E-state index in [0.717, 1.165) is 48.4 Å². The smallest absolute Gasteiger partial charge is 0.267 e. The van der Waals surface area contributed by atoms with Gasteiger partial charge in [-0.25, -0.2) is 13.8 Å². The third-order valence-electron chi connectivity index (χ3n) is 5.52. The van der Waals surface area contributed by atoms with Gasteiger partial charge in [0.2, 0.25) is 10.0 Å². The predicted molar refractivity (Wildman–Crippen MR) is 119 cm³/mol. The molecular weight excluding hydrogens is 398 g/mol. The van der Waals surface area contributed by atoms with Crippen molar-refractivity contribution in [2.45, 2.75) is 51.0 Å². The van der Waals surface area contributed by atoms with Crippen LogP contribution in [-0.4, -0.2) is 31.4 Å². The Balaban J connectivity index is 1.60. The van der Waals surface area contributed by atoms with Gasteiger partial charge < -0.3 is 0 Å². The quantitative estimate of drug-likeness (QED) is 0.705. The molecule has 3 rings (SSSR count). The topological polar surface area (TPSA) is 78.8 Å². The lowest BCUT2D eigenvalue weighted by atomic mass is 9.90. The molecule has 1 N–H and O–H groups in total. The fourth-order valence-electron chi connectivity index (χ4n) is 3.40. The number of nitrogens with zero attached hydrogens (tertiary/aromatic N) is 2. The molecular formula is C23H29N3O3S. The summed E-state index contributed by atoms with van der Waals surface area (Å²) in [7, 11) is -2.02. The number of carbonyl (C=O) groups excluding carboxylic acids is 1. The van der Waals surface area contributed by atoms with E-state index in [1.54, 1.807) is 55.6 Å². The van der Waals surface area contributed by atoms with Crippen LogP contribution >= 0.6 is 0 Å². The first kappa shape index (κ1) is 22.2. The summed E-state index contributed by atoms with van der Waals surface area (Å²) in [6.45, 7) is 4.37. The summed E-state index contributed by atoms with van der Waals surface area (Å²) in [6, 6.07) is 13.7. The maximum atomic E-state index is 12.7. The number of rotatable bonds is 6. The van der Waals surface area contributed by atoms with Crippen LogP contribution in [0.4, 0.5) is 0 Å². The molecule has 6 nitrogen and oxygen atoms in total. The van der Waals surface area contributed by atoms with Crippen molar-refractivity contribution in [1.29, 1.82) is 0 Å². The average Bonchev–Trinajstić information content (AvgIpc) is 2.74. The van der Waals surface area contributed by atoms with Crippen molar-refractivity contribution in [3.05, 3.63) is 65.2 Å². The zero-order valence-corrected chi connectivity index (χ0v) is 18.6. The highest BCUT2D eigenvalue weighted by Crippen LogP contribution is 2.21. The molecule has 1 amide bonds. The van der Waals surface area contributed by atoms with E-state index in [0.29, 0.717) is 5.56 Å². The van der Waals surface area contributed by atoms with Gasteiger partial charge in [-0.3, -0.25) is 4.79 Å². The molecule has 0 unspecified atom stereocenters. The highest BCUT2D eigenvalue weighted by molar-refractivity contribution is 7.89. The summed E-state index contributed by atoms with van der Waals surface area (Å²) in [5, 5.41) is 4.27. The number of benzene rings is 2. The number of hydrogen-bond donors (Lipinski definition) is 1. The van der Waals surface area contributed by atoms with E-state index in [4.69, 9.17) is 0 Å². The zero-order chi connectivity index (χ0) is 21.7. The second kappa shape index (κ2) is 9.53. The Morgan fingerprint density at radius 1 is 1.07 bits per heavy atom. The minimum absolute atomic E-state index is 0.221. The van der Waals surface area contributed by atoms with Gasteiger partial charge in [0, 0.05) is 24.9 Å². The van der Waals surface area contributed by atoms with Gasteiger partial charge in [-0.05, 0) is 68.4 Å². The molecule has 30 heavy (non-hydrogen) atoms. The Kier molecular flexibility index (Phi) is 7.05. The Bertz CT molecular complexity index is 1000. The van der Waals surface area contributed by atoms with Gasteiger partial charge in [0.25, 0.3) is 5.91 Å². The second-order valence-electron chi connectivity index (χ2n) is 8.07. The number of nitrogens with one attached hydrogen (secondary N) is 1. The first-order valence-corrected chi connectivity index (χ1v) is 11.7. The Morgan fingerprint density at radius 2 is 1.67 bits per heavy atom. The second-order valence-corrected chi connectivity index (χ2v) is 10.1. The Hall–Kier alpha value is -2.51. The molecule has 0 saturated heterocycles. The molecule has 160 valence electrons. The molecule has 2 aromatic rings. The first-order valence-electron chi connectivity index (χ1n) is 10.2. The number of sulfonamides is 1. The maximum absolute atomic E-state index is 12.7. The first-order chi connectivity index (χ1) is 14.3. The molecule has 0 heterocycles. The Morgan fingerprint density at radius 3 is 2.27 bits per heavy atom. The number of amides is 1. The molecule has 7 heteroatoms. The minimum Gasteiger partial charge on any atom is -0.267 e. The molecule has 1 fully saturated rings. The van der Waals surface area contributed by atoms with Crippen LogP contribution < -0.4 is 5.43 Å². The van der Waals surface area contributed by atoms with Crippen molar-refractivity contribution >= 4 is 21.6 Å². The van der Waals surface area contributed by atoms with Gasteiger partial charge in [-0.2, -0.15) is 9.41 Å². The van der Waals surface area contributed by atoms with Crippen molar-refractivity contribution in [1.82, 2.24) is 9.73 Å². The lowest BCUT2D eigenvalue weighted by molar-refractivity contribution is 0.0954. The number of carbonyl (C=O) groups is 1. The van der Waals surface area contributed by atoms with Crippen molar-refractivity contribution in [2.75, 3.05) is 7.05 Å². The minimum atomic E-state index is -3.57. The summed E-state index contributed by atoms with van der Waals surface area (Å²) in [5.74, 6) is 0.466. The van der Waals surface area contributed by atoms with Crippen LogP contribution in [0.15, 0.2) is 58.5 Å². The predicted octanol–water partition coefficient (Wildman–Crippen LogP) is 4.11. The number of hydrazone groups is 1. The fourth-order valence-corrected chi connectivity index (χ4v) is 4.55. The summed E-state index contributed by atoms with van der Waals surface area (Å²) in [4.78, 5) is 12.6. The zero-order valence-electron chi connectivity index (χ0n) is 17.8. The lowest BCUT2D eigenvalue weighted by Gasteiger charge is -2.18. The van der Waals surface area contributed by atoms with Crippen LogP contribution in [0.1, 0.15) is 54.1 Å². The maximum Gasteiger partial charge on any atom is 0.271 e. The molecule has 0 aromatic heterocycles. The van der Waals surface area contributed by atoms with Crippen molar-refractivity contribution < 1.29 is 13.2 Å². The van der Waals surface area contributed by atoms with Crippen molar-refractivity contribution in [3.63, 3.8) is 0 Å². The average molecular weight is 428 g/mol. The van der Waals surface area contributed by atoms with E-state index < -0.39 is 10.0 Å². The fraction of sp³-hybridized carbons (Fsp3) is 0.391. The van der Waals surface area contributed by atoms with Crippen molar-refractivity contribution in [2.24, 2.45) is 11.0 Å². The molecule has 0 aliphatic heterocycles. The van der Waals surface area contributed by atoms with E-state index in [1.807, 2.05) is 6.92 Å². The van der Waals surface area contributed by atoms with Gasteiger partial charge in [-0.1, -0.05) is 36.8 Å². The van der Waals surface area contributed by atoms with E-state index in [-0.39, 0.29) is 17.3 Å². The highest BCUT2D eigenvalue weighted by atomic mass is 32.2. The normalized spacial score (nSPS) is 17.1. The van der Waals surface area contributed by atoms with Crippen LogP contribution in [0.3, 0.4) is 0 Å². The summed E-state index contributed by atoms with van der Waals surface area (Å²) < 4.78 is 26.8. The van der Waals surface area contributed by atoms with Crippen LogP contribution in [0, 0.1) is 12.8 Å². The van der Waals surface area contributed by atoms with Gasteiger partial charge in [-0.15, -0.1) is 0 Å². The van der Waals surface area contributed by atoms with Crippen LogP contribution in [-0.2, 0) is 16.6 Å². The van der Waals surface area contributed by atoms with Crippen molar-refractivity contribution in [3.8, 4) is 0 Å². The lowest BCUT2D eigenvalue weighted by Crippen LogP contribution is -2.26. The van der Waals surface area contributed by atoms with Gasteiger partial charge >= 0.3 is 0 Å². The number of hydrogen-bond acceptors (Lipinski definition) is 4. The van der Waals surface area contributed by atoms with Crippen LogP contribution in [0.2, 0.25) is 0 Å². The van der Waals surface area contributed by atoms with E-state index in [9.17, 15) is 13.2 Å². The molecule has 0 bridgehead atoms. The third kappa shape index (κ3) is 5.55.